The van der Waals surface area contributed by atoms with Gasteiger partial charge in [0.1, 0.15) is 0 Å². The number of aromatic nitrogens is 1. The SMILES string of the molecule is CN1CCN(c2ccc(Nc3ccnc4ccc(-c5ccc(CCC(=O)O)cc5)cc34)cc2)CC1. The number of hydrogen-bond acceptors (Lipinski definition) is 5. The quantitative estimate of drug-likeness (QED) is 0.379. The summed E-state index contributed by atoms with van der Waals surface area (Å²) in [4.78, 5) is 20.2. The first-order valence-corrected chi connectivity index (χ1v) is 12.1. The van der Waals surface area contributed by atoms with Crippen LogP contribution in [-0.2, 0) is 11.2 Å². The molecule has 0 unspecified atom stereocenters. The molecule has 2 N–H and O–H groups in total. The third kappa shape index (κ3) is 5.44. The second kappa shape index (κ2) is 10.2. The Balaban J connectivity index is 1.35. The van der Waals surface area contributed by atoms with Gasteiger partial charge in [-0.05, 0) is 72.6 Å². The molecular formula is C29H30N4O2. The molecule has 2 heterocycles. The fraction of sp³-hybridized carbons (Fsp3) is 0.241. The van der Waals surface area contributed by atoms with Crippen molar-refractivity contribution in [2.75, 3.05) is 43.4 Å². The van der Waals surface area contributed by atoms with E-state index >= 15 is 0 Å². The van der Waals surface area contributed by atoms with Gasteiger partial charge in [0.25, 0.3) is 0 Å². The molecule has 0 spiro atoms. The van der Waals surface area contributed by atoms with Gasteiger partial charge in [-0.3, -0.25) is 9.78 Å². The number of rotatable bonds is 7. The fourth-order valence-electron chi connectivity index (χ4n) is 4.53. The van der Waals surface area contributed by atoms with Crippen LogP contribution >= 0.6 is 0 Å². The number of piperazine rings is 1. The number of aliphatic carboxylic acids is 1. The molecule has 6 heteroatoms. The number of benzene rings is 3. The average Bonchev–Trinajstić information content (AvgIpc) is 2.89. The van der Waals surface area contributed by atoms with Gasteiger partial charge >= 0.3 is 5.97 Å². The van der Waals surface area contributed by atoms with Crippen molar-refractivity contribution in [3.05, 3.63) is 84.6 Å². The molecule has 178 valence electrons. The summed E-state index contributed by atoms with van der Waals surface area (Å²) in [5, 5.41) is 13.5. The average molecular weight is 467 g/mol. The summed E-state index contributed by atoms with van der Waals surface area (Å²) in [6.45, 7) is 4.30. The molecule has 0 radical (unpaired) electrons. The number of pyridine rings is 1. The maximum atomic E-state index is 10.8. The van der Waals surface area contributed by atoms with Gasteiger partial charge < -0.3 is 20.2 Å². The molecular weight excluding hydrogens is 436 g/mol. The zero-order chi connectivity index (χ0) is 24.2. The highest BCUT2D eigenvalue weighted by Crippen LogP contribution is 2.31. The lowest BCUT2D eigenvalue weighted by Crippen LogP contribution is -2.44. The number of likely N-dealkylation sites (N-methyl/N-ethyl adjacent to an activating group) is 1. The van der Waals surface area contributed by atoms with Gasteiger partial charge in [-0.15, -0.1) is 0 Å². The summed E-state index contributed by atoms with van der Waals surface area (Å²) >= 11 is 0. The number of aryl methyl sites for hydroxylation is 1. The maximum Gasteiger partial charge on any atom is 0.303 e. The molecule has 3 aromatic carbocycles. The number of carbonyl (C=O) groups is 1. The molecule has 0 bridgehead atoms. The molecule has 0 atom stereocenters. The van der Waals surface area contributed by atoms with Gasteiger partial charge in [-0.1, -0.05) is 30.3 Å². The van der Waals surface area contributed by atoms with Crippen molar-refractivity contribution < 1.29 is 9.90 Å². The van der Waals surface area contributed by atoms with Crippen molar-refractivity contribution in [2.24, 2.45) is 0 Å². The normalized spacial score (nSPS) is 14.3. The van der Waals surface area contributed by atoms with Gasteiger partial charge in [0.15, 0.2) is 0 Å². The Morgan fingerprint density at radius 3 is 2.34 bits per heavy atom. The first-order chi connectivity index (χ1) is 17.0. The molecule has 0 aliphatic carbocycles. The highest BCUT2D eigenvalue weighted by atomic mass is 16.4. The Labute approximate surface area is 205 Å². The summed E-state index contributed by atoms with van der Waals surface area (Å²) < 4.78 is 0. The molecule has 4 aromatic rings. The lowest BCUT2D eigenvalue weighted by molar-refractivity contribution is -0.136. The number of fused-ring (bicyclic) bond motifs is 1. The topological polar surface area (TPSA) is 68.7 Å². The van der Waals surface area contributed by atoms with E-state index < -0.39 is 5.97 Å². The first-order valence-electron chi connectivity index (χ1n) is 12.1. The minimum Gasteiger partial charge on any atom is -0.481 e. The molecule has 1 aliphatic rings. The van der Waals surface area contributed by atoms with E-state index in [1.807, 2.05) is 30.5 Å². The highest BCUT2D eigenvalue weighted by Gasteiger charge is 2.14. The minimum atomic E-state index is -0.773. The van der Waals surface area contributed by atoms with Crippen LogP contribution in [0.25, 0.3) is 22.0 Å². The minimum absolute atomic E-state index is 0.145. The molecule has 1 aromatic heterocycles. The van der Waals surface area contributed by atoms with E-state index in [0.717, 1.165) is 65.1 Å². The van der Waals surface area contributed by atoms with E-state index in [1.165, 1.54) is 5.69 Å². The Hall–Kier alpha value is -3.90. The van der Waals surface area contributed by atoms with Crippen molar-refractivity contribution >= 4 is 33.9 Å². The van der Waals surface area contributed by atoms with E-state index in [9.17, 15) is 4.79 Å². The summed E-state index contributed by atoms with van der Waals surface area (Å²) in [5.74, 6) is -0.773. The Kier molecular flexibility index (Phi) is 6.64. The Bertz CT molecular complexity index is 1310. The van der Waals surface area contributed by atoms with Crippen molar-refractivity contribution in [3.63, 3.8) is 0 Å². The number of nitrogens with zero attached hydrogens (tertiary/aromatic N) is 3. The van der Waals surface area contributed by atoms with E-state index in [2.05, 4.69) is 75.7 Å². The number of hydrogen-bond donors (Lipinski definition) is 2. The third-order valence-corrected chi connectivity index (χ3v) is 6.67. The molecule has 35 heavy (non-hydrogen) atoms. The third-order valence-electron chi connectivity index (χ3n) is 6.67. The van der Waals surface area contributed by atoms with Crippen molar-refractivity contribution in [1.82, 2.24) is 9.88 Å². The summed E-state index contributed by atoms with van der Waals surface area (Å²) in [5.41, 5.74) is 7.48. The predicted octanol–water partition coefficient (Wildman–Crippen LogP) is 5.41. The number of nitrogens with one attached hydrogen (secondary N) is 1. The summed E-state index contributed by atoms with van der Waals surface area (Å²) in [6, 6.07) is 25.1. The van der Waals surface area contributed by atoms with Gasteiger partial charge in [0.2, 0.25) is 0 Å². The Morgan fingerprint density at radius 1 is 0.914 bits per heavy atom. The van der Waals surface area contributed by atoms with Gasteiger partial charge in [-0.2, -0.15) is 0 Å². The van der Waals surface area contributed by atoms with Gasteiger partial charge in [0.05, 0.1) is 5.52 Å². The summed E-state index contributed by atoms with van der Waals surface area (Å²) in [6.07, 6.45) is 2.52. The van der Waals surface area contributed by atoms with Crippen LogP contribution in [-0.4, -0.2) is 54.2 Å². The van der Waals surface area contributed by atoms with Crippen molar-refractivity contribution in [2.45, 2.75) is 12.8 Å². The van der Waals surface area contributed by atoms with E-state index in [1.54, 1.807) is 0 Å². The van der Waals surface area contributed by atoms with E-state index in [-0.39, 0.29) is 6.42 Å². The largest absolute Gasteiger partial charge is 0.481 e. The number of anilines is 3. The predicted molar refractivity (Wildman–Crippen MR) is 143 cm³/mol. The van der Waals surface area contributed by atoms with Crippen molar-refractivity contribution in [1.29, 1.82) is 0 Å². The standard InChI is InChI=1S/C29H30N4O2/c1-32-16-18-33(19-17-32)25-10-8-24(9-11-25)31-28-14-15-30-27-12-7-23(20-26(27)28)22-5-2-21(3-6-22)4-13-29(34)35/h2-3,5-12,14-15,20H,4,13,16-19H2,1H3,(H,30,31)(H,34,35). The smallest absolute Gasteiger partial charge is 0.303 e. The Morgan fingerprint density at radius 2 is 1.63 bits per heavy atom. The van der Waals surface area contributed by atoms with Crippen LogP contribution in [0.5, 0.6) is 0 Å². The van der Waals surface area contributed by atoms with Gasteiger partial charge in [-0.25, -0.2) is 0 Å². The summed E-state index contributed by atoms with van der Waals surface area (Å²) in [7, 11) is 2.17. The van der Waals surface area contributed by atoms with Crippen LogP contribution < -0.4 is 10.2 Å². The fourth-order valence-corrected chi connectivity index (χ4v) is 4.53. The van der Waals surface area contributed by atoms with Crippen LogP contribution in [0.15, 0.2) is 79.0 Å². The zero-order valence-corrected chi connectivity index (χ0v) is 19.9. The lowest BCUT2D eigenvalue weighted by Gasteiger charge is -2.34. The van der Waals surface area contributed by atoms with Crippen LogP contribution in [0.1, 0.15) is 12.0 Å². The molecule has 1 aliphatic heterocycles. The lowest BCUT2D eigenvalue weighted by atomic mass is 10.00. The molecule has 0 saturated carbocycles. The van der Waals surface area contributed by atoms with Gasteiger partial charge in [0, 0.05) is 61.2 Å². The number of carboxylic acid groups (broad SMARTS) is 1. The molecule has 0 amide bonds. The van der Waals surface area contributed by atoms with E-state index in [4.69, 9.17) is 5.11 Å². The van der Waals surface area contributed by atoms with E-state index in [0.29, 0.717) is 6.42 Å². The second-order valence-electron chi connectivity index (χ2n) is 9.14. The monoisotopic (exact) mass is 466 g/mol. The molecule has 1 fully saturated rings. The van der Waals surface area contributed by atoms with Crippen molar-refractivity contribution in [3.8, 4) is 11.1 Å². The molecule has 1 saturated heterocycles. The highest BCUT2D eigenvalue weighted by molar-refractivity contribution is 5.95. The number of carboxylic acids is 1. The van der Waals surface area contributed by atoms with Crippen LogP contribution in [0, 0.1) is 0 Å². The molecule has 5 rings (SSSR count). The molecule has 6 nitrogen and oxygen atoms in total. The second-order valence-corrected chi connectivity index (χ2v) is 9.14. The zero-order valence-electron chi connectivity index (χ0n) is 19.9. The maximum absolute atomic E-state index is 10.8. The van der Waals surface area contributed by atoms with Crippen LogP contribution in [0.4, 0.5) is 17.1 Å². The van der Waals surface area contributed by atoms with Crippen LogP contribution in [0.2, 0.25) is 0 Å². The first kappa shape index (κ1) is 22.9. The van der Waals surface area contributed by atoms with Crippen LogP contribution in [0.3, 0.4) is 0 Å².